The van der Waals surface area contributed by atoms with Gasteiger partial charge >= 0.3 is 11.0 Å². The summed E-state index contributed by atoms with van der Waals surface area (Å²) in [4.78, 5) is -0.541. The van der Waals surface area contributed by atoms with E-state index in [4.69, 9.17) is 0 Å². The highest BCUT2D eigenvalue weighted by Gasteiger charge is 2.54. The minimum absolute atomic E-state index is 0.541. The Kier molecular flexibility index (Phi) is 6.86. The van der Waals surface area contributed by atoms with Crippen LogP contribution in [0.15, 0.2) is 35.2 Å². The van der Waals surface area contributed by atoms with Gasteiger partial charge in [0.15, 0.2) is 0 Å². The molecule has 16 heteroatoms. The molecule has 1 unspecified atom stereocenters. The molecule has 162 valence electrons. The average Bonchev–Trinajstić information content (AvgIpc) is 2.50. The lowest BCUT2D eigenvalue weighted by atomic mass is 10.3. The van der Waals surface area contributed by atoms with Gasteiger partial charge in [-0.05, 0) is 19.1 Å². The minimum atomic E-state index is -6.96. The van der Waals surface area contributed by atoms with E-state index in [0.717, 1.165) is 12.1 Å². The Morgan fingerprint density at radius 2 is 1.25 bits per heavy atom. The molecule has 1 atom stereocenters. The largest absolute Gasteiger partial charge is 0.469 e. The van der Waals surface area contributed by atoms with Crippen molar-refractivity contribution in [1.82, 2.24) is 0 Å². The summed E-state index contributed by atoms with van der Waals surface area (Å²) in [5.74, 6) is 0. The standard InChI is InChI=1S/C12H11F6O7S3/c1-8(25-28(23,24)9-5-3-2-4-6-9)7-10(26(19,20)11(13,14)15)27(21,22)12(16,17)18/h2-6,8H,7H2,1H3/q-1. The lowest BCUT2D eigenvalue weighted by Crippen LogP contribution is -2.41. The molecule has 0 aliphatic rings. The molecule has 0 fully saturated rings. The van der Waals surface area contributed by atoms with E-state index in [-0.39, 0.29) is 0 Å². The van der Waals surface area contributed by atoms with E-state index >= 15 is 0 Å². The maximum Gasteiger partial charge on any atom is 0.469 e. The molecule has 1 rings (SSSR count). The maximum absolute atomic E-state index is 12.7. The monoisotopic (exact) mass is 477 g/mol. The Morgan fingerprint density at radius 3 is 1.61 bits per heavy atom. The Hall–Kier alpha value is -1.39. The number of halogens is 6. The van der Waals surface area contributed by atoms with Gasteiger partial charge in [0.1, 0.15) is 19.7 Å². The Bertz CT molecular complexity index is 952. The van der Waals surface area contributed by atoms with Gasteiger partial charge in [0, 0.05) is 6.10 Å². The summed E-state index contributed by atoms with van der Waals surface area (Å²) in [6, 6.07) is 5.79. The number of rotatable bonds is 7. The van der Waals surface area contributed by atoms with Crippen LogP contribution in [0.2, 0.25) is 0 Å². The van der Waals surface area contributed by atoms with Crippen molar-refractivity contribution in [3.8, 4) is 0 Å². The van der Waals surface area contributed by atoms with Gasteiger partial charge < -0.3 is 0 Å². The van der Waals surface area contributed by atoms with Crippen molar-refractivity contribution >= 4 is 29.8 Å². The van der Waals surface area contributed by atoms with Crippen molar-refractivity contribution < 1.29 is 55.8 Å². The zero-order valence-corrected chi connectivity index (χ0v) is 16.0. The Labute approximate surface area is 156 Å². The highest BCUT2D eigenvalue weighted by molar-refractivity contribution is 8.13. The minimum Gasteiger partial charge on any atom is -0.266 e. The Balaban J connectivity index is 3.32. The van der Waals surface area contributed by atoms with Crippen LogP contribution in [0.1, 0.15) is 13.3 Å². The number of sulfone groups is 2. The first-order valence-corrected chi connectivity index (χ1v) is 11.2. The van der Waals surface area contributed by atoms with Gasteiger partial charge in [-0.2, -0.15) is 34.8 Å². The number of benzene rings is 1. The summed E-state index contributed by atoms with van der Waals surface area (Å²) in [6.45, 7) is 0.596. The second-order valence-electron chi connectivity index (χ2n) is 5.15. The number of hydrogen-bond acceptors (Lipinski definition) is 7. The summed E-state index contributed by atoms with van der Waals surface area (Å²) in [5.41, 5.74) is -12.8. The van der Waals surface area contributed by atoms with E-state index in [9.17, 15) is 51.6 Å². The first kappa shape index (κ1) is 24.6. The highest BCUT2D eigenvalue weighted by Crippen LogP contribution is 2.43. The molecule has 0 bridgehead atoms. The second kappa shape index (κ2) is 7.79. The number of hydrogen-bond donors (Lipinski definition) is 0. The van der Waals surface area contributed by atoms with Crippen molar-refractivity contribution in [2.45, 2.75) is 35.4 Å². The molecule has 0 aliphatic heterocycles. The molecule has 0 aliphatic carbocycles. The molecule has 0 heterocycles. The third-order valence-corrected chi connectivity index (χ3v) is 8.48. The second-order valence-corrected chi connectivity index (χ2v) is 10.9. The predicted octanol–water partition coefficient (Wildman–Crippen LogP) is 2.53. The molecule has 7 nitrogen and oxygen atoms in total. The van der Waals surface area contributed by atoms with E-state index < -0.39 is 62.8 Å². The van der Waals surface area contributed by atoms with Crippen LogP contribution in [0, 0.1) is 4.58 Å². The molecule has 0 saturated heterocycles. The third-order valence-electron chi connectivity index (χ3n) is 2.99. The zero-order chi connectivity index (χ0) is 22.2. The Morgan fingerprint density at radius 1 is 0.857 bits per heavy atom. The van der Waals surface area contributed by atoms with E-state index in [0.29, 0.717) is 6.92 Å². The van der Waals surface area contributed by atoms with Crippen molar-refractivity contribution in [2.24, 2.45) is 0 Å². The van der Waals surface area contributed by atoms with Crippen LogP contribution in [0.3, 0.4) is 0 Å². The molecule has 0 radical (unpaired) electrons. The molecule has 0 amide bonds. The topological polar surface area (TPSA) is 112 Å². The van der Waals surface area contributed by atoms with E-state index in [2.05, 4.69) is 4.18 Å². The van der Waals surface area contributed by atoms with Crippen molar-refractivity contribution in [1.29, 1.82) is 0 Å². The van der Waals surface area contributed by atoms with Crippen molar-refractivity contribution in [2.75, 3.05) is 0 Å². The zero-order valence-electron chi connectivity index (χ0n) is 13.5. The lowest BCUT2D eigenvalue weighted by molar-refractivity contribution is -0.0457. The summed E-state index contributed by atoms with van der Waals surface area (Å²) < 4.78 is 147. The predicted molar refractivity (Wildman–Crippen MR) is 82.0 cm³/mol. The summed E-state index contributed by atoms with van der Waals surface area (Å²) >= 11 is 0. The maximum atomic E-state index is 12.7. The van der Waals surface area contributed by atoms with E-state index in [1.807, 2.05) is 0 Å². The smallest absolute Gasteiger partial charge is 0.266 e. The molecule has 0 aromatic heterocycles. The average molecular weight is 477 g/mol. The molecule has 0 saturated carbocycles. The summed E-state index contributed by atoms with van der Waals surface area (Å²) in [5, 5.41) is 0. The van der Waals surface area contributed by atoms with Gasteiger partial charge in [0.25, 0.3) is 10.1 Å². The van der Waals surface area contributed by atoms with Crippen LogP contribution < -0.4 is 0 Å². The van der Waals surface area contributed by atoms with Crippen LogP contribution >= 0.6 is 0 Å². The normalized spacial score (nSPS) is 15.6. The number of alkyl halides is 6. The van der Waals surface area contributed by atoms with Crippen LogP contribution in [0.25, 0.3) is 0 Å². The fourth-order valence-corrected chi connectivity index (χ4v) is 6.00. The summed E-state index contributed by atoms with van der Waals surface area (Å²) in [7, 11) is -18.7. The molecule has 0 spiro atoms. The van der Waals surface area contributed by atoms with Crippen molar-refractivity contribution in [3.63, 3.8) is 0 Å². The van der Waals surface area contributed by atoms with Gasteiger partial charge in [0.2, 0.25) is 0 Å². The fraction of sp³-hybridized carbons (Fsp3) is 0.417. The van der Waals surface area contributed by atoms with Gasteiger partial charge in [-0.25, -0.2) is 0 Å². The van der Waals surface area contributed by atoms with Gasteiger partial charge in [-0.1, -0.05) is 22.8 Å². The SMILES string of the molecule is CC(C[C-](S(=O)(=O)C(F)(F)F)S(=O)(=O)C(F)(F)F)OS(=O)(=O)c1ccccc1. The van der Waals surface area contributed by atoms with Gasteiger partial charge in [-0.15, -0.1) is 6.42 Å². The van der Waals surface area contributed by atoms with Gasteiger partial charge in [-0.3, -0.25) is 21.0 Å². The van der Waals surface area contributed by atoms with Gasteiger partial charge in [0.05, 0.1) is 4.90 Å². The molecule has 1 aromatic rings. The summed E-state index contributed by atoms with van der Waals surface area (Å²) in [6.07, 6.45) is -4.22. The van der Waals surface area contributed by atoms with Crippen LogP contribution in [-0.4, -0.2) is 42.4 Å². The molecule has 0 N–H and O–H groups in total. The molecular weight excluding hydrogens is 466 g/mol. The first-order valence-electron chi connectivity index (χ1n) is 6.81. The fourth-order valence-electron chi connectivity index (χ4n) is 1.75. The molecule has 1 aromatic carbocycles. The van der Waals surface area contributed by atoms with E-state index in [1.54, 1.807) is 0 Å². The van der Waals surface area contributed by atoms with E-state index in [1.165, 1.54) is 18.2 Å². The molecular formula is C12H11F6O7S3-. The van der Waals surface area contributed by atoms with Crippen LogP contribution in [0.4, 0.5) is 26.3 Å². The third kappa shape index (κ3) is 5.15. The van der Waals surface area contributed by atoms with Crippen LogP contribution in [-0.2, 0) is 34.0 Å². The first-order chi connectivity index (χ1) is 12.3. The molecule has 28 heavy (non-hydrogen) atoms. The lowest BCUT2D eigenvalue weighted by Gasteiger charge is -2.33. The van der Waals surface area contributed by atoms with Crippen LogP contribution in [0.5, 0.6) is 0 Å². The quantitative estimate of drug-likeness (QED) is 0.337. The highest BCUT2D eigenvalue weighted by atomic mass is 32.3. The van der Waals surface area contributed by atoms with Crippen molar-refractivity contribution in [3.05, 3.63) is 34.9 Å².